The molecule has 4 rings (SSSR count). The van der Waals surface area contributed by atoms with Crippen LogP contribution in [-0.4, -0.2) is 46.4 Å². The van der Waals surface area contributed by atoms with E-state index in [9.17, 15) is 23.9 Å². The fourth-order valence-electron chi connectivity index (χ4n) is 3.86. The molecule has 2 heterocycles. The number of hydrogen-bond acceptors (Lipinski definition) is 9. The standard InChI is InChI=1S/C21H24N4O6S/c1-14-6-8-17(9-7-14)32(29,30)13-20-22-21(31-23-20)19-10-16(26)12-24(19)11-15-4-2-3-5-18(15)25(27)28/h2-9,16,19,25-27H,10-13H2,1H3. The van der Waals surface area contributed by atoms with Crippen molar-refractivity contribution in [2.24, 2.45) is 0 Å². The van der Waals surface area contributed by atoms with Crippen LogP contribution in [0.1, 0.15) is 35.3 Å². The van der Waals surface area contributed by atoms with Crippen molar-refractivity contribution in [3.8, 4) is 0 Å². The molecule has 3 unspecified atom stereocenters. The van der Waals surface area contributed by atoms with Crippen LogP contribution in [0.15, 0.2) is 57.9 Å². The highest BCUT2D eigenvalue weighted by Crippen LogP contribution is 2.33. The van der Waals surface area contributed by atoms with Gasteiger partial charge in [0.05, 0.1) is 17.0 Å². The molecule has 3 N–H and O–H groups in total. The van der Waals surface area contributed by atoms with Crippen LogP contribution in [-0.2, 0) is 22.1 Å². The number of sulfone groups is 1. The number of hydrogen-bond donors (Lipinski definition) is 3. The Kier molecular flexibility index (Phi) is 6.38. The predicted molar refractivity (Wildman–Crippen MR) is 112 cm³/mol. The maximum absolute atomic E-state index is 12.7. The molecule has 0 radical (unpaired) electrons. The van der Waals surface area contributed by atoms with E-state index in [1.54, 1.807) is 42.5 Å². The molecule has 170 valence electrons. The summed E-state index contributed by atoms with van der Waals surface area (Å²) in [6, 6.07) is 12.7. The van der Waals surface area contributed by atoms with Crippen molar-refractivity contribution in [2.45, 2.75) is 42.7 Å². The molecule has 11 heteroatoms. The number of aliphatic hydroxyl groups excluding tert-OH is 1. The van der Waals surface area contributed by atoms with Crippen LogP contribution in [0.5, 0.6) is 0 Å². The van der Waals surface area contributed by atoms with E-state index in [2.05, 4.69) is 10.1 Å². The molecule has 0 bridgehead atoms. The van der Waals surface area contributed by atoms with Crippen LogP contribution in [0.3, 0.4) is 0 Å². The Hall–Kier alpha value is -2.67. The van der Waals surface area contributed by atoms with Gasteiger partial charge in [-0.2, -0.15) is 10.2 Å². The number of quaternary nitrogens is 1. The lowest BCUT2D eigenvalue weighted by Crippen LogP contribution is -2.99. The van der Waals surface area contributed by atoms with Gasteiger partial charge in [0.1, 0.15) is 5.75 Å². The molecule has 0 aliphatic carbocycles. The Balaban J connectivity index is 1.53. The van der Waals surface area contributed by atoms with E-state index in [4.69, 9.17) is 4.52 Å². The molecular weight excluding hydrogens is 436 g/mol. The SMILES string of the molecule is Cc1ccc(S(=O)(=O)Cc2noc(C3CC(O)CN3Cc3ccccc3[NH+]([O-])O)n2)cc1. The quantitative estimate of drug-likeness (QED) is 0.441. The molecule has 1 aromatic heterocycles. The van der Waals surface area contributed by atoms with E-state index in [0.717, 1.165) is 5.56 Å². The first kappa shape index (κ1) is 22.5. The molecule has 0 amide bonds. The van der Waals surface area contributed by atoms with Crippen LogP contribution in [0, 0.1) is 12.1 Å². The molecule has 10 nitrogen and oxygen atoms in total. The van der Waals surface area contributed by atoms with Gasteiger partial charge in [-0.15, -0.1) is 0 Å². The van der Waals surface area contributed by atoms with Crippen LogP contribution in [0.4, 0.5) is 5.69 Å². The Morgan fingerprint density at radius 3 is 2.66 bits per heavy atom. The zero-order chi connectivity index (χ0) is 22.9. The summed E-state index contributed by atoms with van der Waals surface area (Å²) in [7, 11) is -3.64. The number of benzene rings is 2. The van der Waals surface area contributed by atoms with Crippen molar-refractivity contribution in [1.82, 2.24) is 15.0 Å². The third kappa shape index (κ3) is 4.88. The van der Waals surface area contributed by atoms with Gasteiger partial charge in [-0.25, -0.2) is 13.6 Å². The minimum atomic E-state index is -3.64. The van der Waals surface area contributed by atoms with Crippen molar-refractivity contribution in [3.05, 3.63) is 76.6 Å². The van der Waals surface area contributed by atoms with E-state index >= 15 is 0 Å². The number of likely N-dealkylation sites (tertiary alicyclic amines) is 1. The van der Waals surface area contributed by atoms with E-state index in [1.807, 2.05) is 11.8 Å². The largest absolute Gasteiger partial charge is 0.595 e. The van der Waals surface area contributed by atoms with Gasteiger partial charge >= 0.3 is 0 Å². The molecule has 2 aromatic carbocycles. The number of para-hydroxylation sites is 1. The lowest BCUT2D eigenvalue weighted by atomic mass is 10.1. The Morgan fingerprint density at radius 2 is 1.94 bits per heavy atom. The predicted octanol–water partition coefficient (Wildman–Crippen LogP) is 1.06. The van der Waals surface area contributed by atoms with Gasteiger partial charge in [-0.1, -0.05) is 41.1 Å². The van der Waals surface area contributed by atoms with Gasteiger partial charge in [-0.05, 0) is 25.5 Å². The zero-order valence-corrected chi connectivity index (χ0v) is 18.2. The van der Waals surface area contributed by atoms with Crippen LogP contribution >= 0.6 is 0 Å². The van der Waals surface area contributed by atoms with Crippen LogP contribution < -0.4 is 5.23 Å². The first-order valence-electron chi connectivity index (χ1n) is 10.1. The number of aromatic nitrogens is 2. The van der Waals surface area contributed by atoms with Crippen molar-refractivity contribution < 1.29 is 28.5 Å². The highest BCUT2D eigenvalue weighted by molar-refractivity contribution is 7.90. The summed E-state index contributed by atoms with van der Waals surface area (Å²) in [5.41, 5.74) is 1.74. The first-order chi connectivity index (χ1) is 15.2. The van der Waals surface area contributed by atoms with Crippen LogP contribution in [0.25, 0.3) is 0 Å². The maximum atomic E-state index is 12.7. The van der Waals surface area contributed by atoms with E-state index < -0.39 is 33.0 Å². The number of nitrogens with one attached hydrogen (secondary N) is 1. The Labute approximate surface area is 185 Å². The van der Waals surface area contributed by atoms with Gasteiger partial charge < -0.3 is 14.8 Å². The molecule has 1 aliphatic heterocycles. The van der Waals surface area contributed by atoms with E-state index in [1.165, 1.54) is 6.07 Å². The summed E-state index contributed by atoms with van der Waals surface area (Å²) >= 11 is 0. The summed E-state index contributed by atoms with van der Waals surface area (Å²) < 4.78 is 30.7. The second-order valence-corrected chi connectivity index (χ2v) is 9.91. The normalized spacial score (nSPS) is 20.5. The Morgan fingerprint density at radius 1 is 1.22 bits per heavy atom. The average Bonchev–Trinajstić information content (AvgIpc) is 3.34. The summed E-state index contributed by atoms with van der Waals surface area (Å²) in [6.45, 7) is 2.44. The maximum Gasteiger partial charge on any atom is 0.244 e. The van der Waals surface area contributed by atoms with Gasteiger partial charge in [0, 0.05) is 24.7 Å². The third-order valence-corrected chi connectivity index (χ3v) is 7.10. The monoisotopic (exact) mass is 460 g/mol. The number of nitrogens with zero attached hydrogens (tertiary/aromatic N) is 3. The van der Waals surface area contributed by atoms with E-state index in [-0.39, 0.29) is 28.8 Å². The van der Waals surface area contributed by atoms with Crippen molar-refractivity contribution in [1.29, 1.82) is 0 Å². The molecule has 3 atom stereocenters. The van der Waals surface area contributed by atoms with Crippen LogP contribution in [0.2, 0.25) is 0 Å². The molecule has 1 fully saturated rings. The fraction of sp³-hybridized carbons (Fsp3) is 0.333. The molecule has 0 spiro atoms. The average molecular weight is 461 g/mol. The second kappa shape index (κ2) is 9.06. The summed E-state index contributed by atoms with van der Waals surface area (Å²) in [5, 5.41) is 34.0. The fourth-order valence-corrected chi connectivity index (χ4v) is 5.03. The minimum Gasteiger partial charge on any atom is -0.595 e. The van der Waals surface area contributed by atoms with Crippen molar-refractivity contribution in [3.63, 3.8) is 0 Å². The molecule has 1 saturated heterocycles. The second-order valence-electron chi connectivity index (χ2n) is 7.92. The van der Waals surface area contributed by atoms with Crippen molar-refractivity contribution in [2.75, 3.05) is 6.54 Å². The molecule has 32 heavy (non-hydrogen) atoms. The molecule has 1 aliphatic rings. The van der Waals surface area contributed by atoms with Gasteiger partial charge in [0.15, 0.2) is 21.3 Å². The molecular formula is C21H24N4O6S. The third-order valence-electron chi connectivity index (χ3n) is 5.47. The Bertz CT molecular complexity index is 1180. The molecule has 3 aromatic rings. The smallest absolute Gasteiger partial charge is 0.244 e. The first-order valence-corrected chi connectivity index (χ1v) is 11.7. The number of aliphatic hydroxyl groups is 1. The number of rotatable bonds is 7. The number of aryl methyl sites for hydroxylation is 1. The minimum absolute atomic E-state index is 0.0350. The lowest BCUT2D eigenvalue weighted by Gasteiger charge is -2.23. The lowest BCUT2D eigenvalue weighted by molar-refractivity contribution is -0.991. The summed E-state index contributed by atoms with van der Waals surface area (Å²) in [5.74, 6) is -0.173. The highest BCUT2D eigenvalue weighted by atomic mass is 32.2. The summed E-state index contributed by atoms with van der Waals surface area (Å²) in [6.07, 6.45) is -0.328. The van der Waals surface area contributed by atoms with E-state index in [0.29, 0.717) is 18.5 Å². The zero-order valence-electron chi connectivity index (χ0n) is 17.4. The van der Waals surface area contributed by atoms with Crippen molar-refractivity contribution >= 4 is 15.5 Å². The van der Waals surface area contributed by atoms with Gasteiger partial charge in [0.2, 0.25) is 5.89 Å². The van der Waals surface area contributed by atoms with Gasteiger partial charge in [-0.3, -0.25) is 4.90 Å². The number of β-amino-alcohol motifs (C(OH)–C–C–N with tert-alkyl or cyclic N) is 1. The highest BCUT2D eigenvalue weighted by Gasteiger charge is 2.36. The van der Waals surface area contributed by atoms with Gasteiger partial charge in [0.25, 0.3) is 0 Å². The molecule has 0 saturated carbocycles. The topological polar surface area (TPSA) is 144 Å². The summed E-state index contributed by atoms with van der Waals surface area (Å²) in [4.78, 5) is 6.32.